The summed E-state index contributed by atoms with van der Waals surface area (Å²) in [6.07, 6.45) is 5.73. The zero-order valence-corrected chi connectivity index (χ0v) is 20.7. The Kier molecular flexibility index (Phi) is 9.76. The van der Waals surface area contributed by atoms with Crippen LogP contribution in [0, 0.1) is 5.82 Å². The van der Waals surface area contributed by atoms with E-state index < -0.39 is 6.04 Å². The highest BCUT2D eigenvalue weighted by Gasteiger charge is 2.30. The van der Waals surface area contributed by atoms with E-state index in [9.17, 15) is 14.0 Å². The summed E-state index contributed by atoms with van der Waals surface area (Å²) in [6.45, 7) is 1.77. The van der Waals surface area contributed by atoms with Gasteiger partial charge in [0.25, 0.3) is 5.91 Å². The topological polar surface area (TPSA) is 77.1 Å². The predicted octanol–water partition coefficient (Wildman–Crippen LogP) is 4.48. The third kappa shape index (κ3) is 7.60. The molecule has 2 aromatic carbocycles. The van der Waals surface area contributed by atoms with Crippen LogP contribution < -0.4 is 19.5 Å². The molecule has 1 aliphatic rings. The van der Waals surface area contributed by atoms with Gasteiger partial charge in [-0.1, -0.05) is 38.3 Å². The molecule has 0 spiro atoms. The first kappa shape index (κ1) is 26.3. The van der Waals surface area contributed by atoms with Gasteiger partial charge in [0.1, 0.15) is 29.1 Å². The van der Waals surface area contributed by atoms with Gasteiger partial charge in [-0.3, -0.25) is 9.59 Å². The van der Waals surface area contributed by atoms with Gasteiger partial charge in [0, 0.05) is 30.8 Å². The number of benzene rings is 2. The van der Waals surface area contributed by atoms with Crippen LogP contribution in [0.15, 0.2) is 42.5 Å². The largest absolute Gasteiger partial charge is 0.496 e. The Morgan fingerprint density at radius 3 is 2.17 bits per heavy atom. The summed E-state index contributed by atoms with van der Waals surface area (Å²) in [7, 11) is 3.07. The lowest BCUT2D eigenvalue weighted by atomic mass is 9.95. The summed E-state index contributed by atoms with van der Waals surface area (Å²) < 4.78 is 29.7. The molecule has 1 unspecified atom stereocenters. The van der Waals surface area contributed by atoms with Crippen LogP contribution in [-0.2, 0) is 16.1 Å². The van der Waals surface area contributed by atoms with E-state index in [4.69, 9.17) is 14.2 Å². The van der Waals surface area contributed by atoms with Crippen molar-refractivity contribution in [2.24, 2.45) is 0 Å². The summed E-state index contributed by atoms with van der Waals surface area (Å²) in [4.78, 5) is 28.1. The van der Waals surface area contributed by atoms with Gasteiger partial charge < -0.3 is 24.4 Å². The van der Waals surface area contributed by atoms with Crippen LogP contribution in [0.1, 0.15) is 51.0 Å². The zero-order valence-electron chi connectivity index (χ0n) is 20.7. The molecule has 1 N–H and O–H groups in total. The molecule has 0 radical (unpaired) electrons. The molecule has 7 nitrogen and oxygen atoms in total. The van der Waals surface area contributed by atoms with Crippen molar-refractivity contribution in [2.45, 2.75) is 64.1 Å². The van der Waals surface area contributed by atoms with E-state index in [1.807, 2.05) is 6.92 Å². The van der Waals surface area contributed by atoms with Crippen molar-refractivity contribution in [1.82, 2.24) is 10.2 Å². The highest BCUT2D eigenvalue weighted by Crippen LogP contribution is 2.27. The maximum atomic E-state index is 13.4. The predicted molar refractivity (Wildman–Crippen MR) is 131 cm³/mol. The number of halogens is 1. The number of nitrogens with one attached hydrogen (secondary N) is 1. The minimum atomic E-state index is -0.669. The lowest BCUT2D eigenvalue weighted by molar-refractivity contribution is -0.143. The molecule has 0 aromatic heterocycles. The molecule has 190 valence electrons. The average molecular weight is 487 g/mol. The van der Waals surface area contributed by atoms with Crippen molar-refractivity contribution in [3.63, 3.8) is 0 Å². The molecule has 1 saturated carbocycles. The van der Waals surface area contributed by atoms with Crippen LogP contribution in [0.2, 0.25) is 0 Å². The third-order valence-electron chi connectivity index (χ3n) is 6.29. The second-order valence-electron chi connectivity index (χ2n) is 8.75. The minimum Gasteiger partial charge on any atom is -0.496 e. The number of hydrogen-bond acceptors (Lipinski definition) is 5. The molecule has 2 aromatic rings. The molecule has 0 saturated heterocycles. The number of carbonyl (C=O) groups excluding carboxylic acids is 2. The molecule has 1 atom stereocenters. The third-order valence-corrected chi connectivity index (χ3v) is 6.29. The second kappa shape index (κ2) is 13.0. The lowest BCUT2D eigenvalue weighted by Gasteiger charge is -2.32. The van der Waals surface area contributed by atoms with Crippen molar-refractivity contribution in [3.8, 4) is 17.2 Å². The number of rotatable bonds is 11. The molecule has 0 aliphatic heterocycles. The summed E-state index contributed by atoms with van der Waals surface area (Å²) in [5.41, 5.74) is 0.728. The van der Waals surface area contributed by atoms with Gasteiger partial charge in [-0.05, 0) is 37.0 Å². The molecule has 2 amide bonds. The molecule has 1 aliphatic carbocycles. The number of amides is 2. The summed E-state index contributed by atoms with van der Waals surface area (Å²) in [6, 6.07) is 10.4. The maximum Gasteiger partial charge on any atom is 0.261 e. The van der Waals surface area contributed by atoms with Gasteiger partial charge >= 0.3 is 0 Å². The molecular formula is C27H35FN2O5. The molecule has 1 fully saturated rings. The van der Waals surface area contributed by atoms with Crippen LogP contribution in [0.3, 0.4) is 0 Å². The number of methoxy groups -OCH3 is 2. The molecule has 0 heterocycles. The lowest BCUT2D eigenvalue weighted by Crippen LogP contribution is -2.52. The van der Waals surface area contributed by atoms with Crippen molar-refractivity contribution in [3.05, 3.63) is 53.8 Å². The number of hydrogen-bond donors (Lipinski definition) is 1. The fourth-order valence-electron chi connectivity index (χ4n) is 4.34. The van der Waals surface area contributed by atoms with E-state index in [0.29, 0.717) is 23.7 Å². The zero-order chi connectivity index (χ0) is 25.2. The Morgan fingerprint density at radius 2 is 1.60 bits per heavy atom. The fourth-order valence-corrected chi connectivity index (χ4v) is 4.34. The Morgan fingerprint density at radius 1 is 1.00 bits per heavy atom. The van der Waals surface area contributed by atoms with Gasteiger partial charge in [-0.15, -0.1) is 0 Å². The smallest absolute Gasteiger partial charge is 0.261 e. The first-order valence-electron chi connectivity index (χ1n) is 12.1. The highest BCUT2D eigenvalue weighted by molar-refractivity contribution is 5.88. The molecule has 35 heavy (non-hydrogen) atoms. The van der Waals surface area contributed by atoms with Crippen LogP contribution in [0.4, 0.5) is 4.39 Å². The first-order chi connectivity index (χ1) is 16.9. The Bertz CT molecular complexity index is 954. The number of ether oxygens (including phenoxy) is 3. The van der Waals surface area contributed by atoms with Crippen LogP contribution in [-0.4, -0.2) is 49.6 Å². The monoisotopic (exact) mass is 486 g/mol. The summed E-state index contributed by atoms with van der Waals surface area (Å²) in [5.74, 6) is 0.612. The second-order valence-corrected chi connectivity index (χ2v) is 8.75. The quantitative estimate of drug-likeness (QED) is 0.507. The molecule has 8 heteroatoms. The van der Waals surface area contributed by atoms with Gasteiger partial charge in [-0.2, -0.15) is 0 Å². The van der Waals surface area contributed by atoms with Gasteiger partial charge in [0.2, 0.25) is 5.91 Å². The molecule has 0 bridgehead atoms. The summed E-state index contributed by atoms with van der Waals surface area (Å²) >= 11 is 0. The van der Waals surface area contributed by atoms with E-state index >= 15 is 0 Å². The van der Waals surface area contributed by atoms with Crippen molar-refractivity contribution >= 4 is 11.8 Å². The fraction of sp³-hybridized carbons (Fsp3) is 0.481. The Labute approximate surface area is 206 Å². The van der Waals surface area contributed by atoms with Crippen molar-refractivity contribution < 1.29 is 28.2 Å². The average Bonchev–Trinajstić information content (AvgIpc) is 2.88. The summed E-state index contributed by atoms with van der Waals surface area (Å²) in [5, 5.41) is 3.14. The normalized spacial score (nSPS) is 14.6. The van der Waals surface area contributed by atoms with Crippen LogP contribution in [0.25, 0.3) is 0 Å². The molecular weight excluding hydrogens is 451 g/mol. The standard InChI is InChI=1S/C27H35FN2O5/c1-4-25(27(32)29-21-8-6-5-7-9-21)30(17-19-10-12-20(28)13-11-19)26(31)18-35-24-15-22(33-2)14-23(16-24)34-3/h10-16,21,25H,4-9,17-18H2,1-3H3,(H,29,32). The van der Waals surface area contributed by atoms with E-state index in [1.165, 1.54) is 37.7 Å². The Balaban J connectivity index is 1.77. The minimum absolute atomic E-state index is 0.133. The SMILES string of the molecule is CCC(C(=O)NC1CCCCC1)N(Cc1ccc(F)cc1)C(=O)COc1cc(OC)cc(OC)c1. The number of nitrogens with zero attached hydrogens (tertiary/aromatic N) is 1. The van der Waals surface area contributed by atoms with E-state index in [-0.39, 0.29) is 36.8 Å². The number of carbonyl (C=O) groups is 2. The van der Waals surface area contributed by atoms with E-state index in [1.54, 1.807) is 30.3 Å². The van der Waals surface area contributed by atoms with Crippen molar-refractivity contribution in [1.29, 1.82) is 0 Å². The first-order valence-corrected chi connectivity index (χ1v) is 12.1. The maximum absolute atomic E-state index is 13.4. The van der Waals surface area contributed by atoms with Gasteiger partial charge in [-0.25, -0.2) is 4.39 Å². The van der Waals surface area contributed by atoms with E-state index in [2.05, 4.69) is 5.32 Å². The van der Waals surface area contributed by atoms with Crippen LogP contribution in [0.5, 0.6) is 17.2 Å². The van der Waals surface area contributed by atoms with Crippen LogP contribution >= 0.6 is 0 Å². The highest BCUT2D eigenvalue weighted by atomic mass is 19.1. The van der Waals surface area contributed by atoms with Gasteiger partial charge in [0.05, 0.1) is 14.2 Å². The van der Waals surface area contributed by atoms with Crippen molar-refractivity contribution in [2.75, 3.05) is 20.8 Å². The van der Waals surface area contributed by atoms with E-state index in [0.717, 1.165) is 31.2 Å². The Hall–Kier alpha value is -3.29. The molecule has 3 rings (SSSR count). The van der Waals surface area contributed by atoms with Gasteiger partial charge in [0.15, 0.2) is 6.61 Å².